The normalized spacial score (nSPS) is 24.8. The summed E-state index contributed by atoms with van der Waals surface area (Å²) in [4.78, 5) is 29.2. The SMILES string of the molecule is CCN1CCN(C(=O)N2CCCC2CC(=O)O)CC1. The number of urea groups is 1. The maximum Gasteiger partial charge on any atom is 0.320 e. The summed E-state index contributed by atoms with van der Waals surface area (Å²) in [5.41, 5.74) is 0. The Balaban J connectivity index is 1.90. The van der Waals surface area contributed by atoms with Crippen LogP contribution in [0.2, 0.25) is 0 Å². The summed E-state index contributed by atoms with van der Waals surface area (Å²) in [7, 11) is 0. The zero-order valence-electron chi connectivity index (χ0n) is 11.5. The third-order valence-corrected chi connectivity index (χ3v) is 4.12. The highest BCUT2D eigenvalue weighted by Crippen LogP contribution is 2.22. The summed E-state index contributed by atoms with van der Waals surface area (Å²) in [6.45, 7) is 7.18. The number of carboxylic acids is 1. The summed E-state index contributed by atoms with van der Waals surface area (Å²) in [5, 5.41) is 8.89. The highest BCUT2D eigenvalue weighted by molar-refractivity contribution is 5.76. The van der Waals surface area contributed by atoms with Gasteiger partial charge in [-0.15, -0.1) is 0 Å². The van der Waals surface area contributed by atoms with E-state index in [2.05, 4.69) is 11.8 Å². The molecule has 2 heterocycles. The van der Waals surface area contributed by atoms with E-state index in [0.717, 1.165) is 45.6 Å². The van der Waals surface area contributed by atoms with Crippen LogP contribution in [-0.4, -0.2) is 77.1 Å². The summed E-state index contributed by atoms with van der Waals surface area (Å²) >= 11 is 0. The van der Waals surface area contributed by atoms with E-state index in [-0.39, 0.29) is 18.5 Å². The molecule has 0 aromatic carbocycles. The third-order valence-electron chi connectivity index (χ3n) is 4.12. The van der Waals surface area contributed by atoms with Crippen LogP contribution >= 0.6 is 0 Å². The molecule has 1 atom stereocenters. The number of likely N-dealkylation sites (tertiary alicyclic amines) is 1. The molecule has 0 bridgehead atoms. The van der Waals surface area contributed by atoms with E-state index in [0.29, 0.717) is 6.54 Å². The third kappa shape index (κ3) is 3.37. The van der Waals surface area contributed by atoms with Crippen molar-refractivity contribution in [2.45, 2.75) is 32.2 Å². The number of aliphatic carboxylic acids is 1. The molecule has 19 heavy (non-hydrogen) atoms. The molecule has 0 aromatic heterocycles. The van der Waals surface area contributed by atoms with Crippen LogP contribution in [0.5, 0.6) is 0 Å². The number of hydrogen-bond acceptors (Lipinski definition) is 3. The van der Waals surface area contributed by atoms with Crippen molar-refractivity contribution in [3.63, 3.8) is 0 Å². The molecule has 2 fully saturated rings. The van der Waals surface area contributed by atoms with Gasteiger partial charge in [0.15, 0.2) is 0 Å². The standard InChI is InChI=1S/C13H23N3O3/c1-2-14-6-8-15(9-7-14)13(19)16-5-3-4-11(16)10-12(17)18/h11H,2-10H2,1H3,(H,17,18). The van der Waals surface area contributed by atoms with Crippen LogP contribution in [0.1, 0.15) is 26.2 Å². The highest BCUT2D eigenvalue weighted by Gasteiger charge is 2.33. The maximum absolute atomic E-state index is 12.4. The lowest BCUT2D eigenvalue weighted by atomic mass is 10.1. The second-order valence-electron chi connectivity index (χ2n) is 5.29. The Labute approximate surface area is 114 Å². The van der Waals surface area contributed by atoms with Gasteiger partial charge < -0.3 is 19.8 Å². The van der Waals surface area contributed by atoms with E-state index in [1.54, 1.807) is 4.90 Å². The molecular weight excluding hydrogens is 246 g/mol. The molecule has 0 radical (unpaired) electrons. The Morgan fingerprint density at radius 2 is 1.84 bits per heavy atom. The van der Waals surface area contributed by atoms with Crippen LogP contribution in [0.25, 0.3) is 0 Å². The summed E-state index contributed by atoms with van der Waals surface area (Å²) in [6.07, 6.45) is 1.80. The molecule has 0 aliphatic carbocycles. The van der Waals surface area contributed by atoms with Crippen molar-refractivity contribution in [2.75, 3.05) is 39.3 Å². The summed E-state index contributed by atoms with van der Waals surface area (Å²) in [5.74, 6) is -0.819. The van der Waals surface area contributed by atoms with Gasteiger partial charge in [-0.2, -0.15) is 0 Å². The molecule has 2 rings (SSSR count). The molecule has 2 amide bonds. The second-order valence-corrected chi connectivity index (χ2v) is 5.29. The Morgan fingerprint density at radius 3 is 2.42 bits per heavy atom. The minimum absolute atomic E-state index is 0.0273. The van der Waals surface area contributed by atoms with Crippen LogP contribution in [0.4, 0.5) is 4.79 Å². The molecule has 1 unspecified atom stereocenters. The van der Waals surface area contributed by atoms with Gasteiger partial charge in [0.1, 0.15) is 0 Å². The number of carbonyl (C=O) groups excluding carboxylic acids is 1. The molecular formula is C13H23N3O3. The van der Waals surface area contributed by atoms with Crippen molar-refractivity contribution < 1.29 is 14.7 Å². The van der Waals surface area contributed by atoms with E-state index >= 15 is 0 Å². The van der Waals surface area contributed by atoms with Crippen molar-refractivity contribution in [3.05, 3.63) is 0 Å². The van der Waals surface area contributed by atoms with E-state index in [4.69, 9.17) is 5.11 Å². The molecule has 6 nitrogen and oxygen atoms in total. The number of amides is 2. The van der Waals surface area contributed by atoms with E-state index in [1.807, 2.05) is 4.90 Å². The number of likely N-dealkylation sites (N-methyl/N-ethyl adjacent to an activating group) is 1. The number of rotatable bonds is 3. The Morgan fingerprint density at radius 1 is 1.16 bits per heavy atom. The van der Waals surface area contributed by atoms with E-state index < -0.39 is 5.97 Å². The van der Waals surface area contributed by atoms with Gasteiger partial charge in [0, 0.05) is 38.8 Å². The van der Waals surface area contributed by atoms with Gasteiger partial charge in [0.2, 0.25) is 0 Å². The van der Waals surface area contributed by atoms with Gasteiger partial charge in [-0.05, 0) is 19.4 Å². The number of piperazine rings is 1. The second kappa shape index (κ2) is 6.23. The first-order chi connectivity index (χ1) is 9.11. The van der Waals surface area contributed by atoms with Crippen LogP contribution in [0.15, 0.2) is 0 Å². The lowest BCUT2D eigenvalue weighted by Crippen LogP contribution is -2.53. The summed E-state index contributed by atoms with van der Waals surface area (Å²) < 4.78 is 0. The average Bonchev–Trinajstić information content (AvgIpc) is 2.85. The zero-order chi connectivity index (χ0) is 13.8. The molecule has 2 aliphatic rings. The van der Waals surface area contributed by atoms with Crippen molar-refractivity contribution in [2.24, 2.45) is 0 Å². The smallest absolute Gasteiger partial charge is 0.320 e. The first kappa shape index (κ1) is 14.1. The minimum Gasteiger partial charge on any atom is -0.481 e. The molecule has 1 N–H and O–H groups in total. The Kier molecular flexibility index (Phi) is 4.63. The van der Waals surface area contributed by atoms with Gasteiger partial charge in [0.25, 0.3) is 0 Å². The highest BCUT2D eigenvalue weighted by atomic mass is 16.4. The fourth-order valence-electron chi connectivity index (χ4n) is 2.94. The number of carbonyl (C=O) groups is 2. The van der Waals surface area contributed by atoms with Crippen LogP contribution in [0, 0.1) is 0 Å². The van der Waals surface area contributed by atoms with E-state index in [9.17, 15) is 9.59 Å². The Bertz CT molecular complexity index is 340. The first-order valence-corrected chi connectivity index (χ1v) is 7.11. The average molecular weight is 269 g/mol. The zero-order valence-corrected chi connectivity index (χ0v) is 11.5. The van der Waals surface area contributed by atoms with E-state index in [1.165, 1.54) is 0 Å². The molecule has 108 valence electrons. The van der Waals surface area contributed by atoms with Crippen molar-refractivity contribution in [1.29, 1.82) is 0 Å². The maximum atomic E-state index is 12.4. The minimum atomic E-state index is -0.819. The van der Waals surface area contributed by atoms with Gasteiger partial charge >= 0.3 is 12.0 Å². The van der Waals surface area contributed by atoms with Crippen molar-refractivity contribution in [1.82, 2.24) is 14.7 Å². The van der Waals surface area contributed by atoms with Crippen LogP contribution < -0.4 is 0 Å². The lowest BCUT2D eigenvalue weighted by Gasteiger charge is -2.37. The molecule has 0 aromatic rings. The van der Waals surface area contributed by atoms with Crippen LogP contribution in [-0.2, 0) is 4.79 Å². The predicted molar refractivity (Wildman–Crippen MR) is 71.1 cm³/mol. The molecule has 2 saturated heterocycles. The largest absolute Gasteiger partial charge is 0.481 e. The fraction of sp³-hybridized carbons (Fsp3) is 0.846. The fourth-order valence-corrected chi connectivity index (χ4v) is 2.94. The monoisotopic (exact) mass is 269 g/mol. The summed E-state index contributed by atoms with van der Waals surface area (Å²) in [6, 6.07) is -0.0892. The predicted octanol–water partition coefficient (Wildman–Crippen LogP) is 0.683. The number of carboxylic acid groups (broad SMARTS) is 1. The van der Waals surface area contributed by atoms with Crippen molar-refractivity contribution >= 4 is 12.0 Å². The number of nitrogens with zero attached hydrogens (tertiary/aromatic N) is 3. The first-order valence-electron chi connectivity index (χ1n) is 7.11. The van der Waals surface area contributed by atoms with Crippen molar-refractivity contribution in [3.8, 4) is 0 Å². The Hall–Kier alpha value is -1.30. The van der Waals surface area contributed by atoms with Gasteiger partial charge in [-0.3, -0.25) is 4.79 Å². The molecule has 2 aliphatic heterocycles. The number of hydrogen-bond donors (Lipinski definition) is 1. The van der Waals surface area contributed by atoms with Gasteiger partial charge in [-0.1, -0.05) is 6.92 Å². The quantitative estimate of drug-likeness (QED) is 0.818. The molecule has 6 heteroatoms. The van der Waals surface area contributed by atoms with Gasteiger partial charge in [0.05, 0.1) is 6.42 Å². The molecule has 0 spiro atoms. The topological polar surface area (TPSA) is 64.1 Å². The van der Waals surface area contributed by atoms with Crippen LogP contribution in [0.3, 0.4) is 0 Å². The molecule has 0 saturated carbocycles. The van der Waals surface area contributed by atoms with Gasteiger partial charge in [-0.25, -0.2) is 4.79 Å². The lowest BCUT2D eigenvalue weighted by molar-refractivity contribution is -0.138.